The number of aliphatic hydroxyl groups is 1. The summed E-state index contributed by atoms with van der Waals surface area (Å²) in [5.74, 6) is 3.64. The van der Waals surface area contributed by atoms with Gasteiger partial charge in [0.25, 0.3) is 0 Å². The van der Waals surface area contributed by atoms with Gasteiger partial charge in [0.2, 0.25) is 0 Å². The van der Waals surface area contributed by atoms with Crippen molar-refractivity contribution in [2.45, 2.75) is 96.7 Å². The summed E-state index contributed by atoms with van der Waals surface area (Å²) in [4.78, 5) is 0. The number of hydrogen-bond acceptors (Lipinski definition) is 2. The van der Waals surface area contributed by atoms with E-state index in [-0.39, 0.29) is 6.10 Å². The molecular weight excluding hydrogens is 404 g/mol. The molecular formula is C31H46O2. The Kier molecular flexibility index (Phi) is 6.80. The lowest BCUT2D eigenvalue weighted by molar-refractivity contribution is -0.159. The van der Waals surface area contributed by atoms with Gasteiger partial charge in [0.15, 0.2) is 0 Å². The Balaban J connectivity index is 1.23. The third-order valence-electron chi connectivity index (χ3n) is 11.1. The summed E-state index contributed by atoms with van der Waals surface area (Å²) in [7, 11) is 0. The van der Waals surface area contributed by atoms with E-state index in [1.807, 2.05) is 0 Å². The molecule has 0 saturated heterocycles. The second-order valence-corrected chi connectivity index (χ2v) is 12.4. The minimum absolute atomic E-state index is 0.119. The molecule has 2 unspecified atom stereocenters. The van der Waals surface area contributed by atoms with Crippen LogP contribution in [0.25, 0.3) is 0 Å². The van der Waals surface area contributed by atoms with E-state index in [0.29, 0.717) is 28.8 Å². The van der Waals surface area contributed by atoms with Gasteiger partial charge in [0, 0.05) is 6.61 Å². The highest BCUT2D eigenvalue weighted by Gasteiger charge is 2.61. The minimum atomic E-state index is -0.119. The largest absolute Gasteiger partial charge is 0.393 e. The number of fused-ring (bicyclic) bond motifs is 5. The van der Waals surface area contributed by atoms with Crippen molar-refractivity contribution in [3.63, 3.8) is 0 Å². The van der Waals surface area contributed by atoms with Gasteiger partial charge >= 0.3 is 0 Å². The van der Waals surface area contributed by atoms with Gasteiger partial charge in [-0.2, -0.15) is 0 Å². The van der Waals surface area contributed by atoms with E-state index in [9.17, 15) is 5.11 Å². The molecule has 2 heteroatoms. The lowest BCUT2D eigenvalue weighted by Crippen LogP contribution is -2.57. The Morgan fingerprint density at radius 3 is 2.45 bits per heavy atom. The molecule has 4 saturated carbocycles. The molecule has 1 aromatic rings. The molecule has 0 spiro atoms. The molecule has 0 aliphatic heterocycles. The predicted octanol–water partition coefficient (Wildman–Crippen LogP) is 7.21. The van der Waals surface area contributed by atoms with Crippen LogP contribution in [0.3, 0.4) is 0 Å². The first kappa shape index (κ1) is 23.6. The Hall–Kier alpha value is -1.12. The monoisotopic (exact) mass is 450 g/mol. The van der Waals surface area contributed by atoms with Crippen LogP contribution >= 0.6 is 0 Å². The molecule has 1 aromatic carbocycles. The molecule has 4 aliphatic rings. The zero-order valence-electron chi connectivity index (χ0n) is 21.1. The molecule has 4 aliphatic carbocycles. The standard InChI is InChI=1S/C31H46O2/c1-4-9-24-26-14-13-23-25-15-16-29(33-21-8-12-22-10-6-5-7-11-22)31(25,3)19-17-27(23)30(26,2)20-18-28(24)32/h4-7,10-11,23-29,32H,1,8-9,12-21H2,2-3H3/t23-,24-,25-,26?,27-,28+,29?,30-,31-/m0/s1. The lowest BCUT2D eigenvalue weighted by Gasteiger charge is -2.62. The van der Waals surface area contributed by atoms with Gasteiger partial charge in [-0.15, -0.1) is 6.58 Å². The highest BCUT2D eigenvalue weighted by molar-refractivity contribution is 5.15. The Morgan fingerprint density at radius 1 is 0.939 bits per heavy atom. The van der Waals surface area contributed by atoms with Gasteiger partial charge in [-0.1, -0.05) is 50.3 Å². The smallest absolute Gasteiger partial charge is 0.0631 e. The maximum Gasteiger partial charge on any atom is 0.0631 e. The first-order chi connectivity index (χ1) is 16.0. The van der Waals surface area contributed by atoms with Gasteiger partial charge in [-0.05, 0) is 117 Å². The first-order valence-electron chi connectivity index (χ1n) is 13.9. The third-order valence-corrected chi connectivity index (χ3v) is 11.1. The van der Waals surface area contributed by atoms with E-state index < -0.39 is 0 Å². The molecule has 0 heterocycles. The van der Waals surface area contributed by atoms with Crippen molar-refractivity contribution >= 4 is 0 Å². The number of aryl methyl sites for hydroxylation is 1. The average Bonchev–Trinajstić information content (AvgIpc) is 3.16. The van der Waals surface area contributed by atoms with Crippen molar-refractivity contribution in [1.29, 1.82) is 0 Å². The molecule has 0 bridgehead atoms. The number of benzene rings is 1. The molecule has 0 radical (unpaired) electrons. The van der Waals surface area contributed by atoms with E-state index in [1.54, 1.807) is 0 Å². The molecule has 9 atom stereocenters. The van der Waals surface area contributed by atoms with Crippen molar-refractivity contribution in [3.05, 3.63) is 48.6 Å². The minimum Gasteiger partial charge on any atom is -0.393 e. The molecule has 2 nitrogen and oxygen atoms in total. The van der Waals surface area contributed by atoms with Crippen LogP contribution in [0.5, 0.6) is 0 Å². The summed E-state index contributed by atoms with van der Waals surface area (Å²) in [6.45, 7) is 10.1. The maximum atomic E-state index is 10.8. The fourth-order valence-corrected chi connectivity index (χ4v) is 9.39. The van der Waals surface area contributed by atoms with Gasteiger partial charge in [0.05, 0.1) is 12.2 Å². The van der Waals surface area contributed by atoms with Crippen molar-refractivity contribution in [2.75, 3.05) is 6.61 Å². The number of ether oxygens (including phenoxy) is 1. The Morgan fingerprint density at radius 2 is 1.67 bits per heavy atom. The third kappa shape index (κ3) is 4.14. The van der Waals surface area contributed by atoms with Crippen LogP contribution in [0.2, 0.25) is 0 Å². The molecule has 182 valence electrons. The average molecular weight is 451 g/mol. The second kappa shape index (κ2) is 9.50. The van der Waals surface area contributed by atoms with E-state index in [0.717, 1.165) is 50.0 Å². The van der Waals surface area contributed by atoms with E-state index >= 15 is 0 Å². The van der Waals surface area contributed by atoms with Crippen LogP contribution in [0.4, 0.5) is 0 Å². The van der Waals surface area contributed by atoms with Crippen LogP contribution in [-0.2, 0) is 11.2 Å². The van der Waals surface area contributed by atoms with Crippen molar-refractivity contribution in [3.8, 4) is 0 Å². The van der Waals surface area contributed by atoms with Gasteiger partial charge in [-0.25, -0.2) is 0 Å². The van der Waals surface area contributed by atoms with Crippen molar-refractivity contribution in [1.82, 2.24) is 0 Å². The number of aliphatic hydroxyl groups excluding tert-OH is 1. The van der Waals surface area contributed by atoms with E-state index in [2.05, 4.69) is 56.8 Å². The summed E-state index contributed by atoms with van der Waals surface area (Å²) in [6, 6.07) is 10.8. The first-order valence-corrected chi connectivity index (χ1v) is 13.9. The maximum absolute atomic E-state index is 10.8. The Labute approximate surface area is 202 Å². The fraction of sp³-hybridized carbons (Fsp3) is 0.742. The zero-order chi connectivity index (χ0) is 23.1. The van der Waals surface area contributed by atoms with Gasteiger partial charge in [-0.3, -0.25) is 0 Å². The van der Waals surface area contributed by atoms with Gasteiger partial charge in [0.1, 0.15) is 0 Å². The molecule has 0 amide bonds. The van der Waals surface area contributed by atoms with E-state index in [1.165, 1.54) is 50.5 Å². The molecule has 0 aromatic heterocycles. The normalized spacial score (nSPS) is 44.5. The Bertz CT molecular complexity index is 804. The second-order valence-electron chi connectivity index (χ2n) is 12.4. The van der Waals surface area contributed by atoms with Crippen LogP contribution in [-0.4, -0.2) is 23.9 Å². The zero-order valence-corrected chi connectivity index (χ0v) is 21.1. The lowest BCUT2D eigenvalue weighted by atomic mass is 9.43. The SMILES string of the molecule is C=CC[C@H]1C2CC[C@@H]3[C@H](CC[C@]4(C)C(OCCCc5ccccc5)CC[C@@H]34)[C@@]2(C)CC[C@H]1O. The highest BCUT2D eigenvalue weighted by Crippen LogP contribution is 2.67. The summed E-state index contributed by atoms with van der Waals surface area (Å²) in [5.41, 5.74) is 2.20. The van der Waals surface area contributed by atoms with Crippen LogP contribution < -0.4 is 0 Å². The molecule has 33 heavy (non-hydrogen) atoms. The van der Waals surface area contributed by atoms with E-state index in [4.69, 9.17) is 4.74 Å². The summed E-state index contributed by atoms with van der Waals surface area (Å²) >= 11 is 0. The van der Waals surface area contributed by atoms with Crippen molar-refractivity contribution in [2.24, 2.45) is 40.4 Å². The molecule has 1 N–H and O–H groups in total. The number of hydrogen-bond donors (Lipinski definition) is 1. The summed E-state index contributed by atoms with van der Waals surface area (Å²) in [6.07, 6.45) is 15.8. The van der Waals surface area contributed by atoms with Gasteiger partial charge < -0.3 is 9.84 Å². The fourth-order valence-electron chi connectivity index (χ4n) is 9.39. The molecule has 5 rings (SSSR count). The number of allylic oxidation sites excluding steroid dienone is 1. The molecule has 4 fully saturated rings. The quantitative estimate of drug-likeness (QED) is 0.351. The van der Waals surface area contributed by atoms with Crippen LogP contribution in [0.1, 0.15) is 83.6 Å². The summed E-state index contributed by atoms with van der Waals surface area (Å²) < 4.78 is 6.63. The van der Waals surface area contributed by atoms with Crippen molar-refractivity contribution < 1.29 is 9.84 Å². The van der Waals surface area contributed by atoms with Crippen LogP contribution in [0, 0.1) is 40.4 Å². The topological polar surface area (TPSA) is 29.5 Å². The van der Waals surface area contributed by atoms with Crippen LogP contribution in [0.15, 0.2) is 43.0 Å². The summed E-state index contributed by atoms with van der Waals surface area (Å²) in [5, 5.41) is 10.8. The highest BCUT2D eigenvalue weighted by atomic mass is 16.5. The predicted molar refractivity (Wildman–Crippen MR) is 136 cm³/mol. The number of rotatable bonds is 7.